The first kappa shape index (κ1) is 14.9. The average molecular weight is 288 g/mol. The monoisotopic (exact) mass is 288 g/mol. The first-order valence-electron chi connectivity index (χ1n) is 6.76. The number of H-pyrrole nitrogens is 1. The number of aromatic amines is 1. The fourth-order valence-electron chi connectivity index (χ4n) is 1.92. The van der Waals surface area contributed by atoms with Crippen molar-refractivity contribution in [2.75, 3.05) is 0 Å². The average Bonchev–Trinajstić information content (AvgIpc) is 2.39. The zero-order valence-electron chi connectivity index (χ0n) is 12.4. The van der Waals surface area contributed by atoms with Crippen LogP contribution in [0.5, 0.6) is 0 Å². The number of aromatic nitrogens is 2. The van der Waals surface area contributed by atoms with E-state index >= 15 is 0 Å². The molecule has 1 aromatic heterocycles. The Morgan fingerprint density at radius 2 is 2.00 bits per heavy atom. The van der Waals surface area contributed by atoms with Crippen LogP contribution in [0.3, 0.4) is 0 Å². The van der Waals surface area contributed by atoms with Gasteiger partial charge in [0, 0.05) is 11.8 Å². The molecule has 0 bridgehead atoms. The Hall–Kier alpha value is -1.55. The molecular weight excluding hydrogens is 268 g/mol. The van der Waals surface area contributed by atoms with E-state index in [-0.39, 0.29) is 11.5 Å². The first-order valence-corrected chi connectivity index (χ1v) is 7.74. The van der Waals surface area contributed by atoms with Crippen LogP contribution in [0.15, 0.2) is 34.2 Å². The van der Waals surface area contributed by atoms with Crippen LogP contribution >= 0.6 is 11.8 Å². The minimum Gasteiger partial charge on any atom is -0.301 e. The van der Waals surface area contributed by atoms with Crippen molar-refractivity contribution in [2.45, 2.75) is 44.5 Å². The van der Waals surface area contributed by atoms with E-state index in [4.69, 9.17) is 0 Å². The molecule has 0 atom stereocenters. The van der Waals surface area contributed by atoms with Crippen LogP contribution in [0.25, 0.3) is 0 Å². The lowest BCUT2D eigenvalue weighted by molar-refractivity contribution is 0.769. The molecule has 1 N–H and O–H groups in total. The van der Waals surface area contributed by atoms with E-state index in [0.29, 0.717) is 5.16 Å². The summed E-state index contributed by atoms with van der Waals surface area (Å²) >= 11 is 1.58. The highest BCUT2D eigenvalue weighted by atomic mass is 32.2. The second kappa shape index (κ2) is 6.27. The predicted molar refractivity (Wildman–Crippen MR) is 84.4 cm³/mol. The van der Waals surface area contributed by atoms with Gasteiger partial charge in [0.1, 0.15) is 0 Å². The maximum Gasteiger partial charge on any atom is 0.251 e. The Bertz CT molecular complexity index is 662. The van der Waals surface area contributed by atoms with Crippen molar-refractivity contribution in [2.24, 2.45) is 0 Å². The van der Waals surface area contributed by atoms with Gasteiger partial charge in [-0.1, -0.05) is 49.4 Å². The first-order chi connectivity index (χ1) is 9.45. The van der Waals surface area contributed by atoms with Gasteiger partial charge in [0.2, 0.25) is 0 Å². The van der Waals surface area contributed by atoms with Crippen molar-refractivity contribution in [1.29, 1.82) is 0 Å². The summed E-state index contributed by atoms with van der Waals surface area (Å²) in [6, 6.07) is 8.01. The molecule has 2 rings (SSSR count). The summed E-state index contributed by atoms with van der Waals surface area (Å²) in [6.07, 6.45) is 0. The Kier molecular flexibility index (Phi) is 4.65. The lowest BCUT2D eigenvalue weighted by atomic mass is 10.1. The van der Waals surface area contributed by atoms with Gasteiger partial charge < -0.3 is 4.98 Å². The number of nitrogens with one attached hydrogen (secondary N) is 1. The molecule has 0 radical (unpaired) electrons. The molecule has 2 aromatic rings. The van der Waals surface area contributed by atoms with Crippen molar-refractivity contribution in [1.82, 2.24) is 9.97 Å². The van der Waals surface area contributed by atoms with E-state index in [1.807, 2.05) is 13.8 Å². The molecule has 0 amide bonds. The molecule has 0 aliphatic carbocycles. The summed E-state index contributed by atoms with van der Waals surface area (Å²) in [7, 11) is 0. The van der Waals surface area contributed by atoms with Gasteiger partial charge in [-0.2, -0.15) is 0 Å². The molecule has 4 heteroatoms. The van der Waals surface area contributed by atoms with E-state index in [1.54, 1.807) is 17.8 Å². The van der Waals surface area contributed by atoms with Crippen molar-refractivity contribution < 1.29 is 0 Å². The summed E-state index contributed by atoms with van der Waals surface area (Å²) in [6.45, 7) is 8.28. The fourth-order valence-corrected chi connectivity index (χ4v) is 2.87. The third kappa shape index (κ3) is 3.73. The second-order valence-corrected chi connectivity index (χ2v) is 6.31. The highest BCUT2D eigenvalue weighted by Crippen LogP contribution is 2.22. The lowest BCUT2D eigenvalue weighted by Crippen LogP contribution is -2.10. The van der Waals surface area contributed by atoms with Crippen molar-refractivity contribution in [3.63, 3.8) is 0 Å². The second-order valence-electron chi connectivity index (χ2n) is 5.35. The lowest BCUT2D eigenvalue weighted by Gasteiger charge is -2.08. The largest absolute Gasteiger partial charge is 0.301 e. The molecule has 0 aliphatic rings. The molecule has 20 heavy (non-hydrogen) atoms. The highest BCUT2D eigenvalue weighted by molar-refractivity contribution is 7.98. The number of nitrogens with zero attached hydrogens (tertiary/aromatic N) is 1. The Labute approximate surface area is 123 Å². The normalized spacial score (nSPS) is 11.1. The van der Waals surface area contributed by atoms with Crippen LogP contribution in [0.4, 0.5) is 0 Å². The molecule has 3 nitrogen and oxygen atoms in total. The molecule has 0 spiro atoms. The van der Waals surface area contributed by atoms with E-state index in [9.17, 15) is 4.79 Å². The highest BCUT2D eigenvalue weighted by Gasteiger charge is 2.07. The third-order valence-electron chi connectivity index (χ3n) is 3.20. The fraction of sp³-hybridized carbons (Fsp3) is 0.375. The summed E-state index contributed by atoms with van der Waals surface area (Å²) < 4.78 is 0. The van der Waals surface area contributed by atoms with Gasteiger partial charge in [0.25, 0.3) is 5.56 Å². The molecular formula is C16H20N2OS. The quantitative estimate of drug-likeness (QED) is 0.687. The van der Waals surface area contributed by atoms with E-state index in [0.717, 1.165) is 11.4 Å². The van der Waals surface area contributed by atoms with Crippen LogP contribution in [-0.2, 0) is 5.75 Å². The molecule has 1 heterocycles. The third-order valence-corrected chi connectivity index (χ3v) is 4.12. The van der Waals surface area contributed by atoms with Crippen LogP contribution in [0, 0.1) is 13.8 Å². The number of rotatable bonds is 4. The maximum atomic E-state index is 11.6. The van der Waals surface area contributed by atoms with Gasteiger partial charge in [-0.25, -0.2) is 4.98 Å². The summed E-state index contributed by atoms with van der Waals surface area (Å²) in [5.41, 5.74) is 4.58. The van der Waals surface area contributed by atoms with Crippen LogP contribution in [-0.4, -0.2) is 9.97 Å². The molecule has 0 fully saturated rings. The zero-order chi connectivity index (χ0) is 14.7. The van der Waals surface area contributed by atoms with Crippen LogP contribution in [0.1, 0.15) is 42.1 Å². The summed E-state index contributed by atoms with van der Waals surface area (Å²) in [5, 5.41) is 0.696. The molecule has 0 saturated carbocycles. The van der Waals surface area contributed by atoms with Gasteiger partial charge >= 0.3 is 0 Å². The van der Waals surface area contributed by atoms with Crippen molar-refractivity contribution in [3.8, 4) is 0 Å². The smallest absolute Gasteiger partial charge is 0.251 e. The van der Waals surface area contributed by atoms with Crippen LogP contribution < -0.4 is 5.56 Å². The Morgan fingerprint density at radius 1 is 1.25 bits per heavy atom. The Balaban J connectivity index is 2.18. The molecule has 0 saturated heterocycles. The standard InChI is InChI=1S/C16H20N2OS/c1-10(2)14-8-15(19)18-16(17-14)20-9-13-7-11(3)5-6-12(13)4/h5-8,10H,9H2,1-4H3,(H,17,18,19). The van der Waals surface area contributed by atoms with Gasteiger partial charge in [0.05, 0.1) is 5.69 Å². The van der Waals surface area contributed by atoms with Gasteiger partial charge in [0.15, 0.2) is 5.16 Å². The number of hydrogen-bond donors (Lipinski definition) is 1. The molecule has 106 valence electrons. The van der Waals surface area contributed by atoms with Gasteiger partial charge in [-0.05, 0) is 30.9 Å². The van der Waals surface area contributed by atoms with Crippen LogP contribution in [0.2, 0.25) is 0 Å². The topological polar surface area (TPSA) is 45.8 Å². The summed E-state index contributed by atoms with van der Waals surface area (Å²) in [4.78, 5) is 18.9. The molecule has 1 aromatic carbocycles. The maximum absolute atomic E-state index is 11.6. The number of benzene rings is 1. The predicted octanol–water partition coefficient (Wildman–Crippen LogP) is 3.80. The van der Waals surface area contributed by atoms with E-state index in [1.165, 1.54) is 16.7 Å². The SMILES string of the molecule is Cc1ccc(C)c(CSc2nc(C(C)C)cc(=O)[nH]2)c1. The minimum atomic E-state index is -0.0767. The van der Waals surface area contributed by atoms with Gasteiger partial charge in [-0.15, -0.1) is 0 Å². The minimum absolute atomic E-state index is 0.0767. The Morgan fingerprint density at radius 3 is 2.70 bits per heavy atom. The zero-order valence-corrected chi connectivity index (χ0v) is 13.2. The number of hydrogen-bond acceptors (Lipinski definition) is 3. The molecule has 0 aliphatic heterocycles. The molecule has 0 unspecified atom stereocenters. The van der Waals surface area contributed by atoms with Crippen molar-refractivity contribution >= 4 is 11.8 Å². The number of thioether (sulfide) groups is 1. The van der Waals surface area contributed by atoms with E-state index in [2.05, 4.69) is 42.0 Å². The van der Waals surface area contributed by atoms with Gasteiger partial charge in [-0.3, -0.25) is 4.79 Å². The number of aryl methyl sites for hydroxylation is 2. The summed E-state index contributed by atoms with van der Waals surface area (Å²) in [5.74, 6) is 1.08. The van der Waals surface area contributed by atoms with E-state index < -0.39 is 0 Å². The van der Waals surface area contributed by atoms with Crippen molar-refractivity contribution in [3.05, 3.63) is 57.0 Å².